The molecule has 3 aromatic rings. The molecular formula is C21H21F2N5O3. The molecular weight excluding hydrogens is 408 g/mol. The van der Waals surface area contributed by atoms with Crippen molar-refractivity contribution in [3.8, 4) is 5.75 Å². The lowest BCUT2D eigenvalue weighted by Gasteiger charge is -2.26. The lowest BCUT2D eigenvalue weighted by Crippen LogP contribution is -2.41. The van der Waals surface area contributed by atoms with E-state index in [2.05, 4.69) is 15.4 Å². The molecule has 8 nitrogen and oxygen atoms in total. The van der Waals surface area contributed by atoms with Gasteiger partial charge in [-0.15, -0.1) is 0 Å². The van der Waals surface area contributed by atoms with E-state index >= 15 is 0 Å². The zero-order chi connectivity index (χ0) is 21.6. The normalized spacial score (nSPS) is 19.6. The number of ether oxygens (including phenoxy) is 1. The number of carbonyl (C=O) groups excluding carboxylic acids is 1. The summed E-state index contributed by atoms with van der Waals surface area (Å²) in [5.74, 6) is -0.220. The van der Waals surface area contributed by atoms with E-state index in [-0.39, 0.29) is 18.4 Å². The highest BCUT2D eigenvalue weighted by atomic mass is 19.1. The first-order chi connectivity index (χ1) is 15.0. The molecule has 5 rings (SSSR count). The zero-order valence-electron chi connectivity index (χ0n) is 16.6. The van der Waals surface area contributed by atoms with Crippen molar-refractivity contribution in [2.45, 2.75) is 37.3 Å². The summed E-state index contributed by atoms with van der Waals surface area (Å²) in [4.78, 5) is 18.7. The molecule has 1 aliphatic carbocycles. The van der Waals surface area contributed by atoms with Gasteiger partial charge in [0.2, 0.25) is 5.65 Å². The third-order valence-corrected chi connectivity index (χ3v) is 5.91. The van der Waals surface area contributed by atoms with Crippen molar-refractivity contribution >= 4 is 17.6 Å². The molecule has 1 aromatic carbocycles. The van der Waals surface area contributed by atoms with Crippen LogP contribution >= 0.6 is 0 Å². The van der Waals surface area contributed by atoms with E-state index in [1.807, 2.05) is 4.90 Å². The Hall–Kier alpha value is -3.27. The zero-order valence-corrected chi connectivity index (χ0v) is 16.6. The molecule has 2 aromatic heterocycles. The minimum absolute atomic E-state index is 0.147. The van der Waals surface area contributed by atoms with Gasteiger partial charge in [-0.2, -0.15) is 5.10 Å². The molecule has 1 amide bonds. The first-order valence-corrected chi connectivity index (χ1v) is 10.1. The van der Waals surface area contributed by atoms with Crippen LogP contribution in [0.3, 0.4) is 0 Å². The largest absolute Gasteiger partial charge is 0.413 e. The Labute approximate surface area is 176 Å². The van der Waals surface area contributed by atoms with Gasteiger partial charge < -0.3 is 20.1 Å². The number of amides is 1. The molecule has 162 valence electrons. The molecule has 0 unspecified atom stereocenters. The molecule has 0 bridgehead atoms. The van der Waals surface area contributed by atoms with Gasteiger partial charge in [0.25, 0.3) is 0 Å². The number of rotatable bonds is 5. The van der Waals surface area contributed by atoms with Gasteiger partial charge in [0.1, 0.15) is 17.5 Å². The van der Waals surface area contributed by atoms with Gasteiger partial charge in [0, 0.05) is 18.3 Å². The first-order valence-electron chi connectivity index (χ1n) is 10.1. The summed E-state index contributed by atoms with van der Waals surface area (Å²) < 4.78 is 35.0. The summed E-state index contributed by atoms with van der Waals surface area (Å²) in [7, 11) is 0. The Morgan fingerprint density at radius 1 is 1.32 bits per heavy atom. The maximum Gasteiger partial charge on any atom is 0.413 e. The van der Waals surface area contributed by atoms with Crippen LogP contribution in [0.25, 0.3) is 5.65 Å². The average Bonchev–Trinajstić information content (AvgIpc) is 3.18. The summed E-state index contributed by atoms with van der Waals surface area (Å²) in [5.41, 5.74) is 0.0188. The van der Waals surface area contributed by atoms with Crippen LogP contribution in [0.1, 0.15) is 37.3 Å². The number of nitrogens with one attached hydrogen (secondary N) is 1. The quantitative estimate of drug-likeness (QED) is 0.648. The summed E-state index contributed by atoms with van der Waals surface area (Å²) in [6.45, 7) is 0.486. The van der Waals surface area contributed by atoms with E-state index in [4.69, 9.17) is 4.74 Å². The Morgan fingerprint density at radius 2 is 2.16 bits per heavy atom. The number of aliphatic hydroxyl groups excluding tert-OH is 1. The first kappa shape index (κ1) is 19.7. The highest BCUT2D eigenvalue weighted by Crippen LogP contribution is 2.37. The van der Waals surface area contributed by atoms with Crippen molar-refractivity contribution in [1.29, 1.82) is 0 Å². The van der Waals surface area contributed by atoms with Crippen molar-refractivity contribution < 1.29 is 23.4 Å². The number of nitrogens with zero attached hydrogens (tertiary/aromatic N) is 4. The van der Waals surface area contributed by atoms with E-state index < -0.39 is 23.3 Å². The lowest BCUT2D eigenvalue weighted by atomic mass is 10.0. The molecule has 2 fully saturated rings. The fourth-order valence-corrected chi connectivity index (χ4v) is 4.02. The third kappa shape index (κ3) is 3.67. The number of carbonyl (C=O) groups is 1. The Bertz CT molecular complexity index is 1150. The van der Waals surface area contributed by atoms with Gasteiger partial charge in [-0.3, -0.25) is 0 Å². The van der Waals surface area contributed by atoms with Crippen molar-refractivity contribution in [2.75, 3.05) is 18.1 Å². The number of hydrogen-bond acceptors (Lipinski definition) is 6. The van der Waals surface area contributed by atoms with Crippen LogP contribution in [-0.2, 0) is 0 Å². The maximum atomic E-state index is 14.4. The van der Waals surface area contributed by atoms with Crippen LogP contribution in [0, 0.1) is 11.6 Å². The second kappa shape index (κ2) is 7.45. The minimum Gasteiger partial charge on any atom is -0.405 e. The van der Waals surface area contributed by atoms with E-state index in [9.17, 15) is 18.7 Å². The number of anilines is 1. The summed E-state index contributed by atoms with van der Waals surface area (Å²) in [5, 5.41) is 16.2. The summed E-state index contributed by atoms with van der Waals surface area (Å²) in [6, 6.07) is 4.86. The van der Waals surface area contributed by atoms with Crippen molar-refractivity contribution in [1.82, 2.24) is 19.9 Å². The van der Waals surface area contributed by atoms with Crippen LogP contribution in [0.4, 0.5) is 19.4 Å². The predicted octanol–water partition coefficient (Wildman–Crippen LogP) is 2.96. The van der Waals surface area contributed by atoms with Gasteiger partial charge in [-0.05, 0) is 49.9 Å². The smallest absolute Gasteiger partial charge is 0.405 e. The van der Waals surface area contributed by atoms with Crippen molar-refractivity contribution in [2.24, 2.45) is 0 Å². The van der Waals surface area contributed by atoms with Crippen LogP contribution in [0.2, 0.25) is 0 Å². The van der Waals surface area contributed by atoms with Gasteiger partial charge in [0.15, 0.2) is 5.75 Å². The minimum atomic E-state index is -0.686. The molecule has 3 heterocycles. The Kier molecular flexibility index (Phi) is 4.73. The standard InChI is InChI=1S/C21H21F2N5O3/c22-13-3-4-15(23)14(10-13)16-2-1-8-27(16)18-5-9-28-19(25-18)17(11-24-28)31-20(30)26-21(12-29)6-7-21/h3-5,9-11,16,29H,1-2,6-8,12H2,(H,26,30)/t16-/m1/s1. The number of aliphatic hydroxyl groups is 1. The molecule has 1 aliphatic heterocycles. The summed E-state index contributed by atoms with van der Waals surface area (Å²) in [6.07, 6.45) is 5.25. The molecule has 10 heteroatoms. The van der Waals surface area contributed by atoms with Gasteiger partial charge in [-0.25, -0.2) is 23.1 Å². The van der Waals surface area contributed by atoms with Gasteiger partial charge >= 0.3 is 6.09 Å². The molecule has 2 aliphatic rings. The number of hydrogen-bond donors (Lipinski definition) is 2. The predicted molar refractivity (Wildman–Crippen MR) is 107 cm³/mol. The topological polar surface area (TPSA) is 92.0 Å². The fourth-order valence-electron chi connectivity index (χ4n) is 4.02. The maximum absolute atomic E-state index is 14.4. The van der Waals surface area contributed by atoms with Crippen molar-refractivity contribution in [3.05, 3.63) is 53.9 Å². The lowest BCUT2D eigenvalue weighted by molar-refractivity contribution is 0.178. The number of aromatic nitrogens is 3. The van der Waals surface area contributed by atoms with Crippen LogP contribution in [0.15, 0.2) is 36.7 Å². The van der Waals surface area contributed by atoms with Gasteiger partial charge in [0.05, 0.1) is 24.4 Å². The molecule has 31 heavy (non-hydrogen) atoms. The van der Waals surface area contributed by atoms with Gasteiger partial charge in [-0.1, -0.05) is 0 Å². The van der Waals surface area contributed by atoms with Crippen molar-refractivity contribution in [3.63, 3.8) is 0 Å². The highest BCUT2D eigenvalue weighted by Gasteiger charge is 2.44. The fraction of sp³-hybridized carbons (Fsp3) is 0.381. The van der Waals surface area contributed by atoms with Crippen LogP contribution < -0.4 is 15.0 Å². The Morgan fingerprint density at radius 3 is 2.94 bits per heavy atom. The third-order valence-electron chi connectivity index (χ3n) is 5.91. The summed E-state index contributed by atoms with van der Waals surface area (Å²) >= 11 is 0. The average molecular weight is 429 g/mol. The molecule has 1 saturated carbocycles. The molecule has 0 spiro atoms. The SMILES string of the molecule is O=C(NC1(CO)CC1)Oc1cnn2ccc(N3CCC[C@@H]3c3cc(F)ccc3F)nc12. The number of benzene rings is 1. The number of fused-ring (bicyclic) bond motifs is 1. The van der Waals surface area contributed by atoms with E-state index in [1.165, 1.54) is 16.8 Å². The molecule has 1 saturated heterocycles. The van der Waals surface area contributed by atoms with E-state index in [1.54, 1.807) is 12.3 Å². The molecule has 2 N–H and O–H groups in total. The highest BCUT2D eigenvalue weighted by molar-refractivity contribution is 5.74. The molecule has 0 radical (unpaired) electrons. The number of halogens is 2. The monoisotopic (exact) mass is 429 g/mol. The second-order valence-corrected chi connectivity index (χ2v) is 8.03. The van der Waals surface area contributed by atoms with E-state index in [0.29, 0.717) is 42.8 Å². The Balaban J connectivity index is 1.42. The molecule has 1 atom stereocenters. The second-order valence-electron chi connectivity index (χ2n) is 8.03. The van der Waals surface area contributed by atoms with Crippen LogP contribution in [0.5, 0.6) is 5.75 Å². The van der Waals surface area contributed by atoms with Crippen LogP contribution in [-0.4, -0.2) is 44.5 Å². The van der Waals surface area contributed by atoms with E-state index in [0.717, 1.165) is 18.6 Å².